The number of rotatable bonds is 6. The molecule has 0 aliphatic heterocycles. The van der Waals surface area contributed by atoms with Gasteiger partial charge in [0.05, 0.1) is 11.2 Å². The third-order valence-corrected chi connectivity index (χ3v) is 2.68. The number of carboxylic acid groups (broad SMARTS) is 1. The molecule has 2 N–H and O–H groups in total. The van der Waals surface area contributed by atoms with Gasteiger partial charge in [-0.1, -0.05) is 18.5 Å². The van der Waals surface area contributed by atoms with E-state index < -0.39 is 11.5 Å². The largest absolute Gasteiger partial charge is 0.480 e. The van der Waals surface area contributed by atoms with E-state index in [9.17, 15) is 4.79 Å². The highest BCUT2D eigenvalue weighted by atomic mass is 35.5. The van der Waals surface area contributed by atoms with E-state index >= 15 is 0 Å². The van der Waals surface area contributed by atoms with E-state index in [4.69, 9.17) is 16.7 Å². The highest BCUT2D eigenvalue weighted by Crippen LogP contribution is 2.12. The van der Waals surface area contributed by atoms with E-state index in [1.807, 2.05) is 6.92 Å². The zero-order valence-corrected chi connectivity index (χ0v) is 10.2. The highest BCUT2D eigenvalue weighted by molar-refractivity contribution is 6.30. The second kappa shape index (κ2) is 5.32. The van der Waals surface area contributed by atoms with E-state index in [1.54, 1.807) is 17.8 Å². The van der Waals surface area contributed by atoms with Crippen LogP contribution in [0.1, 0.15) is 20.3 Å². The Morgan fingerprint density at radius 2 is 2.44 bits per heavy atom. The Labute approximate surface area is 99.4 Å². The van der Waals surface area contributed by atoms with E-state index in [0.717, 1.165) is 0 Å². The van der Waals surface area contributed by atoms with E-state index in [2.05, 4.69) is 10.4 Å². The monoisotopic (exact) mass is 245 g/mol. The van der Waals surface area contributed by atoms with Crippen molar-refractivity contribution in [1.29, 1.82) is 0 Å². The SMILES string of the molecule is CCNC(C)(CCn1cc(Cl)cn1)C(=O)O. The summed E-state index contributed by atoms with van der Waals surface area (Å²) >= 11 is 5.72. The predicted octanol–water partition coefficient (Wildman–Crippen LogP) is 1.38. The summed E-state index contributed by atoms with van der Waals surface area (Å²) in [6, 6.07) is 0. The number of hydrogen-bond donors (Lipinski definition) is 2. The molecule has 1 heterocycles. The summed E-state index contributed by atoms with van der Waals surface area (Å²) in [4.78, 5) is 11.1. The van der Waals surface area contributed by atoms with Crippen molar-refractivity contribution in [3.05, 3.63) is 17.4 Å². The molecule has 0 aliphatic carbocycles. The van der Waals surface area contributed by atoms with Crippen molar-refractivity contribution in [3.63, 3.8) is 0 Å². The number of aryl methyl sites for hydroxylation is 1. The Bertz CT molecular complexity index is 367. The van der Waals surface area contributed by atoms with E-state index in [0.29, 0.717) is 24.5 Å². The summed E-state index contributed by atoms with van der Waals surface area (Å²) in [5, 5.41) is 16.6. The Balaban J connectivity index is 2.60. The fourth-order valence-electron chi connectivity index (χ4n) is 1.46. The predicted molar refractivity (Wildman–Crippen MR) is 61.6 cm³/mol. The van der Waals surface area contributed by atoms with Crippen molar-refractivity contribution in [1.82, 2.24) is 15.1 Å². The standard InChI is InChI=1S/C10H16ClN3O2/c1-3-12-10(2,9(15)16)4-5-14-7-8(11)6-13-14/h6-7,12H,3-5H2,1-2H3,(H,15,16). The fraction of sp³-hybridized carbons (Fsp3) is 0.600. The molecule has 16 heavy (non-hydrogen) atoms. The number of halogens is 1. The number of carbonyl (C=O) groups is 1. The van der Waals surface area contributed by atoms with Gasteiger partial charge in [-0.15, -0.1) is 0 Å². The molecule has 1 aromatic rings. The molecule has 0 bridgehead atoms. The third kappa shape index (κ3) is 3.21. The van der Waals surface area contributed by atoms with Gasteiger partial charge in [-0.2, -0.15) is 5.10 Å². The number of aliphatic carboxylic acids is 1. The first-order valence-corrected chi connectivity index (χ1v) is 5.52. The maximum Gasteiger partial charge on any atom is 0.323 e. The number of aromatic nitrogens is 2. The van der Waals surface area contributed by atoms with Gasteiger partial charge in [0, 0.05) is 12.7 Å². The van der Waals surface area contributed by atoms with Crippen LogP contribution in [0.15, 0.2) is 12.4 Å². The zero-order chi connectivity index (χ0) is 12.2. The highest BCUT2D eigenvalue weighted by Gasteiger charge is 2.31. The average molecular weight is 246 g/mol. The Morgan fingerprint density at radius 3 is 2.88 bits per heavy atom. The summed E-state index contributed by atoms with van der Waals surface area (Å²) < 4.78 is 1.64. The molecule has 6 heteroatoms. The first kappa shape index (κ1) is 13.0. The van der Waals surface area contributed by atoms with Gasteiger partial charge < -0.3 is 10.4 Å². The minimum Gasteiger partial charge on any atom is -0.480 e. The smallest absolute Gasteiger partial charge is 0.323 e. The van der Waals surface area contributed by atoms with Crippen molar-refractivity contribution < 1.29 is 9.90 Å². The number of nitrogens with one attached hydrogen (secondary N) is 1. The molecule has 0 aromatic carbocycles. The van der Waals surface area contributed by atoms with Gasteiger partial charge in [0.2, 0.25) is 0 Å². The van der Waals surface area contributed by atoms with Crippen LogP contribution in [0.2, 0.25) is 5.02 Å². The molecule has 1 unspecified atom stereocenters. The molecule has 0 spiro atoms. The molecule has 1 aromatic heterocycles. The second-order valence-electron chi connectivity index (χ2n) is 3.84. The Morgan fingerprint density at radius 1 is 1.75 bits per heavy atom. The van der Waals surface area contributed by atoms with Gasteiger partial charge in [0.15, 0.2) is 0 Å². The minimum absolute atomic E-state index is 0.453. The molecule has 0 aliphatic rings. The van der Waals surface area contributed by atoms with E-state index in [-0.39, 0.29) is 0 Å². The van der Waals surface area contributed by atoms with Gasteiger partial charge >= 0.3 is 5.97 Å². The molecule has 0 saturated heterocycles. The molecule has 1 atom stereocenters. The molecule has 90 valence electrons. The van der Waals surface area contributed by atoms with Gasteiger partial charge in [0.1, 0.15) is 5.54 Å². The molecule has 5 nitrogen and oxygen atoms in total. The molecule has 0 fully saturated rings. The topological polar surface area (TPSA) is 67.2 Å². The lowest BCUT2D eigenvalue weighted by atomic mass is 9.98. The summed E-state index contributed by atoms with van der Waals surface area (Å²) in [5.74, 6) is -0.854. The number of likely N-dealkylation sites (N-methyl/N-ethyl adjacent to an activating group) is 1. The first-order valence-electron chi connectivity index (χ1n) is 5.14. The van der Waals surface area contributed by atoms with Crippen molar-refractivity contribution in [3.8, 4) is 0 Å². The van der Waals surface area contributed by atoms with Crippen molar-refractivity contribution >= 4 is 17.6 Å². The Kier molecular flexibility index (Phi) is 4.32. The van der Waals surface area contributed by atoms with Crippen molar-refractivity contribution in [2.45, 2.75) is 32.4 Å². The van der Waals surface area contributed by atoms with Crippen LogP contribution in [0, 0.1) is 0 Å². The van der Waals surface area contributed by atoms with Gasteiger partial charge in [-0.05, 0) is 19.9 Å². The Hall–Kier alpha value is -1.07. The van der Waals surface area contributed by atoms with Gasteiger partial charge in [-0.3, -0.25) is 9.48 Å². The van der Waals surface area contributed by atoms with Crippen molar-refractivity contribution in [2.75, 3.05) is 6.54 Å². The lowest BCUT2D eigenvalue weighted by Crippen LogP contribution is -2.50. The zero-order valence-electron chi connectivity index (χ0n) is 9.40. The summed E-state index contributed by atoms with van der Waals surface area (Å²) in [6.45, 7) is 4.68. The maximum absolute atomic E-state index is 11.1. The molecule has 1 rings (SSSR count). The number of hydrogen-bond acceptors (Lipinski definition) is 3. The van der Waals surface area contributed by atoms with Crippen LogP contribution in [-0.2, 0) is 11.3 Å². The van der Waals surface area contributed by atoms with Crippen LogP contribution in [0.3, 0.4) is 0 Å². The quantitative estimate of drug-likeness (QED) is 0.795. The lowest BCUT2D eigenvalue weighted by molar-refractivity contribution is -0.144. The number of nitrogens with zero attached hydrogens (tertiary/aromatic N) is 2. The van der Waals surface area contributed by atoms with Crippen LogP contribution in [-0.4, -0.2) is 32.9 Å². The van der Waals surface area contributed by atoms with Crippen LogP contribution in [0.25, 0.3) is 0 Å². The van der Waals surface area contributed by atoms with Gasteiger partial charge in [-0.25, -0.2) is 0 Å². The lowest BCUT2D eigenvalue weighted by Gasteiger charge is -2.25. The molecule has 0 saturated carbocycles. The third-order valence-electron chi connectivity index (χ3n) is 2.48. The molecular formula is C10H16ClN3O2. The molecule has 0 amide bonds. The maximum atomic E-state index is 11.1. The summed E-state index contributed by atoms with van der Waals surface area (Å²) in [6.07, 6.45) is 3.66. The van der Waals surface area contributed by atoms with Gasteiger partial charge in [0.25, 0.3) is 0 Å². The minimum atomic E-state index is -0.923. The van der Waals surface area contributed by atoms with Crippen LogP contribution in [0.5, 0.6) is 0 Å². The summed E-state index contributed by atoms with van der Waals surface area (Å²) in [7, 11) is 0. The molecular weight excluding hydrogens is 230 g/mol. The first-order chi connectivity index (χ1) is 7.48. The fourth-order valence-corrected chi connectivity index (χ4v) is 1.62. The van der Waals surface area contributed by atoms with Crippen molar-refractivity contribution in [2.24, 2.45) is 0 Å². The summed E-state index contributed by atoms with van der Waals surface area (Å²) in [5.41, 5.74) is -0.923. The average Bonchev–Trinajstić information content (AvgIpc) is 2.61. The van der Waals surface area contributed by atoms with Crippen LogP contribution in [0.4, 0.5) is 0 Å². The normalized spacial score (nSPS) is 14.7. The van der Waals surface area contributed by atoms with Crippen LogP contribution >= 0.6 is 11.6 Å². The second-order valence-corrected chi connectivity index (χ2v) is 4.28. The van der Waals surface area contributed by atoms with E-state index in [1.165, 1.54) is 6.20 Å². The van der Waals surface area contributed by atoms with Crippen LogP contribution < -0.4 is 5.32 Å². The molecule has 0 radical (unpaired) electrons. The number of carboxylic acids is 1.